The molecule has 1 aliphatic carbocycles. The molecule has 5 nitrogen and oxygen atoms in total. The van der Waals surface area contributed by atoms with Crippen LogP contribution in [0.3, 0.4) is 0 Å². The molecule has 0 aromatic carbocycles. The molecule has 0 aromatic rings. The molecule has 15 heavy (non-hydrogen) atoms. The number of urea groups is 1. The van der Waals surface area contributed by atoms with E-state index in [1.807, 2.05) is 0 Å². The van der Waals surface area contributed by atoms with Crippen LogP contribution in [0.25, 0.3) is 0 Å². The maximum Gasteiger partial charge on any atom is 0.316 e. The Balaban J connectivity index is 2.04. The number of nitrogens with one attached hydrogen (secondary N) is 2. The van der Waals surface area contributed by atoms with Crippen LogP contribution < -0.4 is 10.6 Å². The zero-order chi connectivity index (χ0) is 11.3. The molecule has 1 aliphatic rings. The fourth-order valence-electron chi connectivity index (χ4n) is 1.76. The van der Waals surface area contributed by atoms with Crippen LogP contribution in [-0.4, -0.2) is 55.4 Å². The second kappa shape index (κ2) is 5.92. The molecule has 0 unspecified atom stereocenters. The van der Waals surface area contributed by atoms with E-state index < -0.39 is 0 Å². The van der Waals surface area contributed by atoms with Gasteiger partial charge in [-0.05, 0) is 19.3 Å². The van der Waals surface area contributed by atoms with Crippen LogP contribution in [0.1, 0.15) is 19.3 Å². The Morgan fingerprint density at radius 2 is 2.13 bits per heavy atom. The molecular weight excluding hydrogens is 194 g/mol. The van der Waals surface area contributed by atoms with Crippen LogP contribution in [-0.2, 0) is 0 Å². The van der Waals surface area contributed by atoms with E-state index in [-0.39, 0.29) is 18.2 Å². The minimum Gasteiger partial charge on any atom is -0.392 e. The van der Waals surface area contributed by atoms with Crippen LogP contribution in [0.4, 0.5) is 4.79 Å². The minimum atomic E-state index is -0.213. The lowest BCUT2D eigenvalue weighted by Gasteiger charge is -2.17. The molecule has 88 valence electrons. The summed E-state index contributed by atoms with van der Waals surface area (Å²) >= 11 is 0. The number of nitrogens with zero attached hydrogens (tertiary/aromatic N) is 1. The monoisotopic (exact) mass is 215 g/mol. The second-order valence-corrected chi connectivity index (χ2v) is 4.19. The molecule has 1 fully saturated rings. The van der Waals surface area contributed by atoms with Crippen LogP contribution in [0.15, 0.2) is 0 Å². The van der Waals surface area contributed by atoms with Crippen LogP contribution in [0, 0.1) is 0 Å². The number of hydrogen-bond donors (Lipinski definition) is 3. The summed E-state index contributed by atoms with van der Waals surface area (Å²) in [7, 11) is 3.42. The number of hydrogen-bond acceptors (Lipinski definition) is 3. The van der Waals surface area contributed by atoms with Crippen LogP contribution >= 0.6 is 0 Å². The summed E-state index contributed by atoms with van der Waals surface area (Å²) in [5, 5.41) is 15.5. The molecule has 0 saturated heterocycles. The highest BCUT2D eigenvalue weighted by Crippen LogP contribution is 2.18. The van der Waals surface area contributed by atoms with Gasteiger partial charge in [0.1, 0.15) is 0 Å². The lowest BCUT2D eigenvalue weighted by Crippen LogP contribution is -2.42. The minimum absolute atomic E-state index is 0.0798. The zero-order valence-corrected chi connectivity index (χ0v) is 9.49. The Labute approximate surface area is 90.8 Å². The molecule has 0 bridgehead atoms. The number of carbonyl (C=O) groups excluding carboxylic acids is 1. The summed E-state index contributed by atoms with van der Waals surface area (Å²) < 4.78 is 0. The molecule has 5 heteroatoms. The van der Waals surface area contributed by atoms with E-state index in [0.717, 1.165) is 19.3 Å². The molecule has 2 atom stereocenters. The first-order chi connectivity index (χ1) is 7.11. The van der Waals surface area contributed by atoms with Crippen molar-refractivity contribution in [2.24, 2.45) is 0 Å². The molecule has 0 heterocycles. The van der Waals surface area contributed by atoms with Gasteiger partial charge in [-0.15, -0.1) is 0 Å². The summed E-state index contributed by atoms with van der Waals surface area (Å²) in [4.78, 5) is 12.6. The number of carbonyl (C=O) groups is 1. The Morgan fingerprint density at radius 1 is 1.40 bits per heavy atom. The van der Waals surface area contributed by atoms with Gasteiger partial charge in [-0.25, -0.2) is 4.79 Å². The van der Waals surface area contributed by atoms with Crippen LogP contribution in [0.2, 0.25) is 0 Å². The third-order valence-electron chi connectivity index (χ3n) is 2.69. The van der Waals surface area contributed by atoms with Crippen molar-refractivity contribution < 1.29 is 9.90 Å². The van der Waals surface area contributed by atoms with Crippen molar-refractivity contribution in [3.8, 4) is 0 Å². The Bertz CT molecular complexity index is 209. The van der Waals surface area contributed by atoms with Gasteiger partial charge >= 0.3 is 6.03 Å². The maximum absolute atomic E-state index is 11.1. The Morgan fingerprint density at radius 3 is 2.67 bits per heavy atom. The van der Waals surface area contributed by atoms with Crippen molar-refractivity contribution in [1.29, 1.82) is 0 Å². The molecule has 2 amide bonds. The molecule has 3 N–H and O–H groups in total. The van der Waals surface area contributed by atoms with Crippen molar-refractivity contribution in [3.63, 3.8) is 0 Å². The Hall–Kier alpha value is -0.810. The predicted octanol–water partition coefficient (Wildman–Crippen LogP) is -0.239. The molecule has 0 spiro atoms. The quantitative estimate of drug-likeness (QED) is 0.567. The van der Waals surface area contributed by atoms with Gasteiger partial charge in [0.05, 0.1) is 6.10 Å². The highest BCUT2D eigenvalue weighted by atomic mass is 16.3. The maximum atomic E-state index is 11.1. The molecular formula is C10H21N3O2. The summed E-state index contributed by atoms with van der Waals surface area (Å²) in [5.41, 5.74) is 0. The van der Waals surface area contributed by atoms with E-state index >= 15 is 0 Å². The average Bonchev–Trinajstić information content (AvgIpc) is 2.58. The van der Waals surface area contributed by atoms with Crippen molar-refractivity contribution in [2.45, 2.75) is 31.4 Å². The van der Waals surface area contributed by atoms with Gasteiger partial charge < -0.3 is 20.6 Å². The summed E-state index contributed by atoms with van der Waals surface area (Å²) in [6, 6.07) is 0.130. The standard InChI is InChI=1S/C10H21N3O2/c1-13(2)10(15)12-7-6-11-8-4-3-5-9(8)14/h8-9,11,14H,3-7H2,1-2H3,(H,12,15)/t8-,9-/m0/s1. The fourth-order valence-corrected chi connectivity index (χ4v) is 1.76. The third kappa shape index (κ3) is 4.05. The van der Waals surface area contributed by atoms with E-state index in [9.17, 15) is 9.90 Å². The van der Waals surface area contributed by atoms with Gasteiger partial charge in [0.15, 0.2) is 0 Å². The normalized spacial score (nSPS) is 25.3. The highest BCUT2D eigenvalue weighted by molar-refractivity contribution is 5.73. The number of rotatable bonds is 4. The zero-order valence-electron chi connectivity index (χ0n) is 9.49. The molecule has 0 aliphatic heterocycles. The van der Waals surface area contributed by atoms with Crippen molar-refractivity contribution >= 4 is 6.03 Å². The van der Waals surface area contributed by atoms with E-state index in [1.54, 1.807) is 14.1 Å². The lowest BCUT2D eigenvalue weighted by atomic mass is 10.2. The summed E-state index contributed by atoms with van der Waals surface area (Å²) in [5.74, 6) is 0. The van der Waals surface area contributed by atoms with Crippen molar-refractivity contribution in [2.75, 3.05) is 27.2 Å². The smallest absolute Gasteiger partial charge is 0.316 e. The van der Waals surface area contributed by atoms with Gasteiger partial charge in [-0.3, -0.25) is 0 Å². The lowest BCUT2D eigenvalue weighted by molar-refractivity contribution is 0.149. The number of aliphatic hydroxyl groups is 1. The molecule has 1 rings (SSSR count). The number of aliphatic hydroxyl groups excluding tert-OH is 1. The van der Waals surface area contributed by atoms with E-state index in [0.29, 0.717) is 13.1 Å². The Kier molecular flexibility index (Phi) is 4.84. The number of amides is 2. The predicted molar refractivity (Wildman–Crippen MR) is 58.7 cm³/mol. The van der Waals surface area contributed by atoms with Gasteiger partial charge in [0.2, 0.25) is 0 Å². The third-order valence-corrected chi connectivity index (χ3v) is 2.69. The van der Waals surface area contributed by atoms with Gasteiger partial charge in [-0.1, -0.05) is 0 Å². The highest BCUT2D eigenvalue weighted by Gasteiger charge is 2.23. The molecule has 0 aromatic heterocycles. The largest absolute Gasteiger partial charge is 0.392 e. The van der Waals surface area contributed by atoms with E-state index in [4.69, 9.17) is 0 Å². The SMILES string of the molecule is CN(C)C(=O)NCCN[C@H]1CCC[C@@H]1O. The van der Waals surface area contributed by atoms with Gasteiger partial charge in [0.25, 0.3) is 0 Å². The van der Waals surface area contributed by atoms with E-state index in [2.05, 4.69) is 10.6 Å². The summed E-state index contributed by atoms with van der Waals surface area (Å²) in [6.07, 6.45) is 2.79. The van der Waals surface area contributed by atoms with Gasteiger partial charge in [-0.2, -0.15) is 0 Å². The van der Waals surface area contributed by atoms with Crippen molar-refractivity contribution in [1.82, 2.24) is 15.5 Å². The van der Waals surface area contributed by atoms with Crippen molar-refractivity contribution in [3.05, 3.63) is 0 Å². The molecule has 0 radical (unpaired) electrons. The van der Waals surface area contributed by atoms with E-state index in [1.165, 1.54) is 4.90 Å². The topological polar surface area (TPSA) is 64.6 Å². The fraction of sp³-hybridized carbons (Fsp3) is 0.900. The van der Waals surface area contributed by atoms with Crippen LogP contribution in [0.5, 0.6) is 0 Å². The first-order valence-electron chi connectivity index (χ1n) is 5.48. The average molecular weight is 215 g/mol. The molecule has 1 saturated carbocycles. The first kappa shape index (κ1) is 12.3. The van der Waals surface area contributed by atoms with Gasteiger partial charge in [0, 0.05) is 33.2 Å². The first-order valence-corrected chi connectivity index (χ1v) is 5.48. The summed E-state index contributed by atoms with van der Waals surface area (Å²) in [6.45, 7) is 1.31. The second-order valence-electron chi connectivity index (χ2n) is 4.19.